The van der Waals surface area contributed by atoms with Crippen LogP contribution in [0.3, 0.4) is 0 Å². The molecule has 4 aliphatic rings. The van der Waals surface area contributed by atoms with Gasteiger partial charge in [0.2, 0.25) is 0 Å². The van der Waals surface area contributed by atoms with E-state index >= 15 is 0 Å². The third kappa shape index (κ3) is 0.643. The van der Waals surface area contributed by atoms with Crippen LogP contribution in [0.5, 0.6) is 0 Å². The van der Waals surface area contributed by atoms with Crippen LogP contribution in [0.2, 0.25) is 0 Å². The van der Waals surface area contributed by atoms with Gasteiger partial charge < -0.3 is 0 Å². The van der Waals surface area contributed by atoms with Gasteiger partial charge >= 0.3 is 0 Å². The zero-order valence-electron chi connectivity index (χ0n) is 10.7. The first kappa shape index (κ1) is 9.07. The Hall–Kier alpha value is 0. The predicted molar refractivity (Wildman–Crippen MR) is 62.2 cm³/mol. The Morgan fingerprint density at radius 3 is 1.80 bits per heavy atom. The van der Waals surface area contributed by atoms with Crippen LogP contribution in [-0.2, 0) is 0 Å². The first-order chi connectivity index (χ1) is 6.98. The summed E-state index contributed by atoms with van der Waals surface area (Å²) in [6.45, 7) is 12.6. The molecular weight excluding hydrogens is 180 g/mol. The maximum atomic E-state index is 2.52. The molecule has 0 N–H and O–H groups in total. The van der Waals surface area contributed by atoms with Crippen LogP contribution in [0.1, 0.15) is 34.6 Å². The molecule has 0 heteroatoms. The van der Waals surface area contributed by atoms with Crippen molar-refractivity contribution in [2.75, 3.05) is 0 Å². The predicted octanol–water partition coefficient (Wildman–Crippen LogP) is 3.67. The van der Waals surface area contributed by atoms with Crippen molar-refractivity contribution in [3.05, 3.63) is 0 Å². The molecule has 9 atom stereocenters. The van der Waals surface area contributed by atoms with Crippen LogP contribution in [0.4, 0.5) is 0 Å². The fourth-order valence-electron chi connectivity index (χ4n) is 6.50. The molecule has 0 nitrogen and oxygen atoms in total. The van der Waals surface area contributed by atoms with Crippen LogP contribution in [-0.4, -0.2) is 0 Å². The van der Waals surface area contributed by atoms with E-state index < -0.39 is 0 Å². The van der Waals surface area contributed by atoms with Crippen LogP contribution < -0.4 is 0 Å². The topological polar surface area (TPSA) is 0 Å². The molecule has 0 spiro atoms. The highest BCUT2D eigenvalue weighted by Gasteiger charge is 2.80. The minimum atomic E-state index is 0.676. The average Bonchev–Trinajstić information content (AvgIpc) is 2.17. The van der Waals surface area contributed by atoms with Crippen molar-refractivity contribution in [2.45, 2.75) is 34.6 Å². The molecule has 4 rings (SSSR count). The molecule has 0 aromatic rings. The Morgan fingerprint density at radius 1 is 0.667 bits per heavy atom. The van der Waals surface area contributed by atoms with Crippen molar-refractivity contribution in [1.82, 2.24) is 0 Å². The highest BCUT2D eigenvalue weighted by atomic mass is 14.8. The van der Waals surface area contributed by atoms with Crippen molar-refractivity contribution in [1.29, 1.82) is 0 Å². The molecule has 0 aromatic carbocycles. The van der Waals surface area contributed by atoms with Gasteiger partial charge in [-0.2, -0.15) is 0 Å². The summed E-state index contributed by atoms with van der Waals surface area (Å²) in [6.07, 6.45) is 0. The van der Waals surface area contributed by atoms with E-state index in [-0.39, 0.29) is 0 Å². The third-order valence-electron chi connectivity index (χ3n) is 7.71. The second-order valence-electron chi connectivity index (χ2n) is 7.74. The van der Waals surface area contributed by atoms with Crippen molar-refractivity contribution >= 4 is 0 Å². The van der Waals surface area contributed by atoms with Gasteiger partial charge in [-0.05, 0) is 58.7 Å². The zero-order chi connectivity index (χ0) is 10.7. The van der Waals surface area contributed by atoms with E-state index in [1.54, 1.807) is 0 Å². The SMILES string of the molecule is CC1[C@H]2[C@@H]3[C@H]([C@H]2[C@H]1C)[C@H]1[C@@H]3C(C)(C)[C@H]1C. The molecule has 84 valence electrons. The molecule has 4 aliphatic carbocycles. The maximum Gasteiger partial charge on any atom is -0.0292 e. The Labute approximate surface area is 93.8 Å². The summed E-state index contributed by atoms with van der Waals surface area (Å²) in [5.74, 6) is 10.0. The summed E-state index contributed by atoms with van der Waals surface area (Å²) in [6, 6.07) is 0. The van der Waals surface area contributed by atoms with Crippen molar-refractivity contribution in [2.24, 2.45) is 58.7 Å². The molecule has 0 saturated heterocycles. The molecule has 0 aromatic heterocycles. The Bertz CT molecular complexity index is 329. The number of rotatable bonds is 0. The lowest BCUT2D eigenvalue weighted by molar-refractivity contribution is -0.389. The van der Waals surface area contributed by atoms with Crippen molar-refractivity contribution in [3.63, 3.8) is 0 Å². The van der Waals surface area contributed by atoms with E-state index in [2.05, 4.69) is 34.6 Å². The minimum absolute atomic E-state index is 0.676. The molecule has 0 aliphatic heterocycles. The van der Waals surface area contributed by atoms with Gasteiger partial charge in [0, 0.05) is 0 Å². The summed E-state index contributed by atoms with van der Waals surface area (Å²) < 4.78 is 0. The maximum absolute atomic E-state index is 2.52. The molecular formula is C15H24. The molecule has 4 saturated carbocycles. The van der Waals surface area contributed by atoms with Gasteiger partial charge in [0.05, 0.1) is 0 Å². The first-order valence-corrected chi connectivity index (χ1v) is 6.98. The largest absolute Gasteiger partial charge is 0.0620 e. The second-order valence-corrected chi connectivity index (χ2v) is 7.74. The average molecular weight is 204 g/mol. The first-order valence-electron chi connectivity index (χ1n) is 6.98. The molecule has 4 fully saturated rings. The number of hydrogen-bond acceptors (Lipinski definition) is 0. The van der Waals surface area contributed by atoms with Crippen LogP contribution in [0, 0.1) is 58.7 Å². The van der Waals surface area contributed by atoms with E-state index in [0.29, 0.717) is 5.41 Å². The third-order valence-corrected chi connectivity index (χ3v) is 7.71. The number of hydrogen-bond donors (Lipinski definition) is 0. The Morgan fingerprint density at radius 2 is 1.20 bits per heavy atom. The van der Waals surface area contributed by atoms with E-state index in [4.69, 9.17) is 0 Å². The number of fused-ring (bicyclic) bond motifs is 7. The molecule has 0 heterocycles. The highest BCUT2D eigenvalue weighted by Crippen LogP contribution is 2.84. The lowest BCUT2D eigenvalue weighted by Gasteiger charge is -2.86. The highest BCUT2D eigenvalue weighted by molar-refractivity contribution is 5.27. The van der Waals surface area contributed by atoms with Crippen LogP contribution >= 0.6 is 0 Å². The van der Waals surface area contributed by atoms with E-state index in [0.717, 1.165) is 47.3 Å². The van der Waals surface area contributed by atoms with E-state index in [1.165, 1.54) is 5.92 Å². The van der Waals surface area contributed by atoms with Gasteiger partial charge in [-0.15, -0.1) is 0 Å². The van der Waals surface area contributed by atoms with E-state index in [1.807, 2.05) is 0 Å². The molecule has 0 bridgehead atoms. The minimum Gasteiger partial charge on any atom is -0.0620 e. The van der Waals surface area contributed by atoms with Gasteiger partial charge in [-0.3, -0.25) is 0 Å². The summed E-state index contributed by atoms with van der Waals surface area (Å²) in [5, 5.41) is 0. The van der Waals surface area contributed by atoms with Gasteiger partial charge in [-0.1, -0.05) is 34.6 Å². The standard InChI is InChI=1S/C15H24/c1-6-7(2)10-9(6)12-11-8(3)15(4,5)14(11)13(10)12/h6-14H,1-5H3/t6-,7?,8-,9-,10+,11-,12+,13+,14-/m0/s1. The second kappa shape index (κ2) is 2.17. The normalized spacial score (nSPS) is 72.2. The fraction of sp³-hybridized carbons (Fsp3) is 1.00. The van der Waals surface area contributed by atoms with Crippen molar-refractivity contribution in [3.8, 4) is 0 Å². The summed E-state index contributed by atoms with van der Waals surface area (Å²) in [7, 11) is 0. The Balaban J connectivity index is 1.62. The lowest BCUT2D eigenvalue weighted by atomic mass is 9.19. The van der Waals surface area contributed by atoms with Gasteiger partial charge in [-0.25, -0.2) is 0 Å². The summed E-state index contributed by atoms with van der Waals surface area (Å²) in [4.78, 5) is 0. The molecule has 0 radical (unpaired) electrons. The van der Waals surface area contributed by atoms with Crippen molar-refractivity contribution < 1.29 is 0 Å². The zero-order valence-corrected chi connectivity index (χ0v) is 10.7. The summed E-state index contributed by atoms with van der Waals surface area (Å²) in [5.41, 5.74) is 0.676. The van der Waals surface area contributed by atoms with Gasteiger partial charge in [0.25, 0.3) is 0 Å². The van der Waals surface area contributed by atoms with Gasteiger partial charge in [0.15, 0.2) is 0 Å². The van der Waals surface area contributed by atoms with E-state index in [9.17, 15) is 0 Å². The smallest absolute Gasteiger partial charge is 0.0292 e. The van der Waals surface area contributed by atoms with Gasteiger partial charge in [0.1, 0.15) is 0 Å². The lowest BCUT2D eigenvalue weighted by Crippen LogP contribution is -2.82. The molecule has 0 amide bonds. The quantitative estimate of drug-likeness (QED) is 0.565. The summed E-state index contributed by atoms with van der Waals surface area (Å²) >= 11 is 0. The monoisotopic (exact) mass is 204 g/mol. The molecule has 1 unspecified atom stereocenters. The fourth-order valence-corrected chi connectivity index (χ4v) is 6.50. The van der Waals surface area contributed by atoms with Crippen LogP contribution in [0.25, 0.3) is 0 Å². The van der Waals surface area contributed by atoms with Crippen LogP contribution in [0.15, 0.2) is 0 Å². The molecule has 15 heavy (non-hydrogen) atoms. The Kier molecular flexibility index (Phi) is 1.31.